The molecule has 1 N–H and O–H groups in total. The van der Waals surface area contributed by atoms with Crippen LogP contribution >= 0.6 is 0 Å². The van der Waals surface area contributed by atoms with Gasteiger partial charge in [0.2, 0.25) is 0 Å². The molecule has 4 nitrogen and oxygen atoms in total. The van der Waals surface area contributed by atoms with Crippen LogP contribution < -0.4 is 5.32 Å². The number of carbonyl (C=O) groups is 1. The van der Waals surface area contributed by atoms with Gasteiger partial charge in [-0.15, -0.1) is 0 Å². The number of aryl methyl sites for hydroxylation is 1. The molecule has 0 saturated heterocycles. The van der Waals surface area contributed by atoms with E-state index in [4.69, 9.17) is 0 Å². The zero-order chi connectivity index (χ0) is 20.6. The van der Waals surface area contributed by atoms with Crippen LogP contribution in [0.3, 0.4) is 0 Å². The molecule has 1 amide bonds. The minimum Gasteiger partial charge on any atom is -0.322 e. The van der Waals surface area contributed by atoms with Crippen molar-refractivity contribution in [2.45, 2.75) is 13.1 Å². The topological polar surface area (TPSA) is 46.9 Å². The molecule has 2 aromatic carbocycles. The smallest absolute Gasteiger partial charge is 0.322 e. The second kappa shape index (κ2) is 7.09. The molecule has 2 heterocycles. The number of nitrogens with one attached hydrogen (secondary N) is 1. The summed E-state index contributed by atoms with van der Waals surface area (Å²) in [7, 11) is 0. The molecular formula is C22H16F3N3O. The summed E-state index contributed by atoms with van der Waals surface area (Å²) >= 11 is 0. The highest BCUT2D eigenvalue weighted by Gasteiger charge is 2.30. The lowest BCUT2D eigenvalue weighted by Gasteiger charge is -2.11. The Morgan fingerprint density at radius 2 is 1.79 bits per heavy atom. The Morgan fingerprint density at radius 3 is 2.45 bits per heavy atom. The first-order valence-corrected chi connectivity index (χ1v) is 8.84. The normalized spacial score (nSPS) is 11.6. The molecule has 0 unspecified atom stereocenters. The number of pyridine rings is 1. The fourth-order valence-corrected chi connectivity index (χ4v) is 3.27. The average molecular weight is 395 g/mol. The van der Waals surface area contributed by atoms with Crippen molar-refractivity contribution in [2.75, 3.05) is 5.32 Å². The lowest BCUT2D eigenvalue weighted by molar-refractivity contribution is -0.137. The molecule has 0 aliphatic rings. The Labute approximate surface area is 164 Å². The molecule has 0 radical (unpaired) electrons. The van der Waals surface area contributed by atoms with Crippen LogP contribution in [0.1, 0.15) is 21.6 Å². The third kappa shape index (κ3) is 3.71. The van der Waals surface area contributed by atoms with Gasteiger partial charge in [-0.1, -0.05) is 0 Å². The largest absolute Gasteiger partial charge is 0.416 e. The molecule has 0 fully saturated rings. The van der Waals surface area contributed by atoms with Gasteiger partial charge in [0.15, 0.2) is 0 Å². The molecule has 4 aromatic rings. The van der Waals surface area contributed by atoms with Gasteiger partial charge in [-0.3, -0.25) is 9.78 Å². The number of carbonyl (C=O) groups excluding carboxylic acids is 1. The minimum absolute atomic E-state index is 0.270. The molecule has 0 atom stereocenters. The molecule has 7 heteroatoms. The molecule has 2 aromatic heterocycles. The molecular weight excluding hydrogens is 379 g/mol. The lowest BCUT2D eigenvalue weighted by atomic mass is 10.1. The highest BCUT2D eigenvalue weighted by Crippen LogP contribution is 2.33. The van der Waals surface area contributed by atoms with Crippen LogP contribution in [0.4, 0.5) is 18.9 Å². The SMILES string of the molecule is Cc1cc2cc(C(F)(F)F)ccc2n1-c1ccc(NC(=O)c2cccnc2)cc1. The number of nitrogens with zero attached hydrogens (tertiary/aromatic N) is 2. The van der Waals surface area contributed by atoms with E-state index in [-0.39, 0.29) is 5.91 Å². The minimum atomic E-state index is -4.38. The van der Waals surface area contributed by atoms with Gasteiger partial charge in [-0.2, -0.15) is 13.2 Å². The fraction of sp³-hybridized carbons (Fsp3) is 0.0909. The van der Waals surface area contributed by atoms with Gasteiger partial charge in [0.05, 0.1) is 16.6 Å². The van der Waals surface area contributed by atoms with Crippen molar-refractivity contribution in [3.63, 3.8) is 0 Å². The van der Waals surface area contributed by atoms with E-state index in [0.29, 0.717) is 22.2 Å². The number of alkyl halides is 3. The van der Waals surface area contributed by atoms with Crippen LogP contribution in [0.5, 0.6) is 0 Å². The molecule has 29 heavy (non-hydrogen) atoms. The Morgan fingerprint density at radius 1 is 1.03 bits per heavy atom. The van der Waals surface area contributed by atoms with Gasteiger partial charge < -0.3 is 9.88 Å². The molecule has 4 rings (SSSR count). The van der Waals surface area contributed by atoms with Crippen molar-refractivity contribution in [3.05, 3.63) is 89.9 Å². The van der Waals surface area contributed by atoms with Gasteiger partial charge in [0, 0.05) is 34.8 Å². The van der Waals surface area contributed by atoms with E-state index in [0.717, 1.165) is 23.5 Å². The lowest BCUT2D eigenvalue weighted by Crippen LogP contribution is -2.12. The molecule has 0 bridgehead atoms. The summed E-state index contributed by atoms with van der Waals surface area (Å²) in [6.07, 6.45) is -1.31. The Kier molecular flexibility index (Phi) is 4.58. The number of hydrogen-bond acceptors (Lipinski definition) is 2. The van der Waals surface area contributed by atoms with Crippen LogP contribution in [0.15, 0.2) is 73.1 Å². The number of aromatic nitrogens is 2. The predicted molar refractivity (Wildman–Crippen MR) is 105 cm³/mol. The Hall–Kier alpha value is -3.61. The molecule has 0 spiro atoms. The third-order valence-corrected chi connectivity index (χ3v) is 4.62. The first-order chi connectivity index (χ1) is 13.8. The molecule has 146 valence electrons. The summed E-state index contributed by atoms with van der Waals surface area (Å²) in [5.74, 6) is -0.270. The van der Waals surface area contributed by atoms with Crippen molar-refractivity contribution in [1.29, 1.82) is 0 Å². The van der Waals surface area contributed by atoms with E-state index < -0.39 is 11.7 Å². The first kappa shape index (κ1) is 18.7. The van der Waals surface area contributed by atoms with Gasteiger partial charge in [0.25, 0.3) is 5.91 Å². The van der Waals surface area contributed by atoms with Crippen LogP contribution in [0, 0.1) is 6.92 Å². The van der Waals surface area contributed by atoms with Gasteiger partial charge >= 0.3 is 6.18 Å². The average Bonchev–Trinajstić information content (AvgIpc) is 3.03. The summed E-state index contributed by atoms with van der Waals surface area (Å²) in [5.41, 5.74) is 2.67. The maximum Gasteiger partial charge on any atom is 0.416 e. The van der Waals surface area contributed by atoms with Gasteiger partial charge in [0.1, 0.15) is 0 Å². The highest BCUT2D eigenvalue weighted by molar-refractivity contribution is 6.04. The maximum atomic E-state index is 13.0. The van der Waals surface area contributed by atoms with Crippen molar-refractivity contribution < 1.29 is 18.0 Å². The second-order valence-corrected chi connectivity index (χ2v) is 6.64. The zero-order valence-electron chi connectivity index (χ0n) is 15.4. The quantitative estimate of drug-likeness (QED) is 0.490. The number of anilines is 1. The van der Waals surface area contributed by atoms with E-state index in [1.54, 1.807) is 36.5 Å². The number of benzene rings is 2. The number of fused-ring (bicyclic) bond motifs is 1. The third-order valence-electron chi connectivity index (χ3n) is 4.62. The first-order valence-electron chi connectivity index (χ1n) is 8.84. The molecule has 0 saturated carbocycles. The Bertz CT molecular complexity index is 1180. The van der Waals surface area contributed by atoms with Crippen molar-refractivity contribution in [2.24, 2.45) is 0 Å². The van der Waals surface area contributed by atoms with E-state index in [9.17, 15) is 18.0 Å². The van der Waals surface area contributed by atoms with Crippen molar-refractivity contribution in [1.82, 2.24) is 9.55 Å². The summed E-state index contributed by atoms with van der Waals surface area (Å²) in [5, 5.41) is 3.31. The van der Waals surface area contributed by atoms with Crippen LogP contribution in [0.2, 0.25) is 0 Å². The van der Waals surface area contributed by atoms with Crippen LogP contribution in [-0.2, 0) is 6.18 Å². The summed E-state index contributed by atoms with van der Waals surface area (Å²) in [6.45, 7) is 1.84. The number of rotatable bonds is 3. The maximum absolute atomic E-state index is 13.0. The van der Waals surface area contributed by atoms with Gasteiger partial charge in [-0.25, -0.2) is 0 Å². The van der Waals surface area contributed by atoms with Crippen LogP contribution in [-0.4, -0.2) is 15.5 Å². The van der Waals surface area contributed by atoms with E-state index >= 15 is 0 Å². The fourth-order valence-electron chi connectivity index (χ4n) is 3.27. The zero-order valence-corrected chi connectivity index (χ0v) is 15.4. The second-order valence-electron chi connectivity index (χ2n) is 6.64. The molecule has 0 aliphatic carbocycles. The molecule has 0 aliphatic heterocycles. The number of amides is 1. The monoisotopic (exact) mass is 395 g/mol. The predicted octanol–water partition coefficient (Wildman–Crippen LogP) is 5.61. The van der Waals surface area contributed by atoms with E-state index in [1.165, 1.54) is 12.3 Å². The summed E-state index contributed by atoms with van der Waals surface area (Å²) < 4.78 is 40.8. The van der Waals surface area contributed by atoms with Crippen molar-refractivity contribution >= 4 is 22.5 Å². The standard InChI is InChI=1S/C22H16F3N3O/c1-14-11-16-12-17(22(23,24)25)4-9-20(16)28(14)19-7-5-18(6-8-19)27-21(29)15-3-2-10-26-13-15/h2-13H,1H3,(H,27,29). The summed E-state index contributed by atoms with van der Waals surface area (Å²) in [6, 6.07) is 15.9. The van der Waals surface area contributed by atoms with E-state index in [1.807, 2.05) is 23.6 Å². The highest BCUT2D eigenvalue weighted by atomic mass is 19.4. The summed E-state index contributed by atoms with van der Waals surface area (Å²) in [4.78, 5) is 16.1. The number of hydrogen-bond donors (Lipinski definition) is 1. The van der Waals surface area contributed by atoms with Crippen LogP contribution in [0.25, 0.3) is 16.6 Å². The van der Waals surface area contributed by atoms with Crippen molar-refractivity contribution in [3.8, 4) is 5.69 Å². The van der Waals surface area contributed by atoms with E-state index in [2.05, 4.69) is 10.3 Å². The number of halogens is 3. The Balaban J connectivity index is 1.63. The van der Waals surface area contributed by atoms with Gasteiger partial charge in [-0.05, 0) is 67.6 Å².